The van der Waals surface area contributed by atoms with Crippen LogP contribution in [0.5, 0.6) is 0 Å². The van der Waals surface area contributed by atoms with Gasteiger partial charge in [0.15, 0.2) is 0 Å². The zero-order chi connectivity index (χ0) is 6.24. The summed E-state index contributed by atoms with van der Waals surface area (Å²) < 4.78 is 0. The number of rotatable bonds is 5. The topological polar surface area (TPSA) is 38.0 Å². The molecule has 0 atom stereocenters. The number of unbranched alkanes of at least 4 members (excludes halogenated alkanes) is 1. The summed E-state index contributed by atoms with van der Waals surface area (Å²) in [5.74, 6) is 0. The molecule has 0 aliphatic rings. The highest BCUT2D eigenvalue weighted by Gasteiger charge is 1.79. The van der Waals surface area contributed by atoms with E-state index in [-0.39, 0.29) is 0 Å². The zero-order valence-corrected chi connectivity index (χ0v) is 5.19. The molecule has 0 aromatic carbocycles. The van der Waals surface area contributed by atoms with Crippen LogP contribution in [0, 0.1) is 0 Å². The Kier molecular flexibility index (Phi) is 6.09. The molecule has 48 valence electrons. The van der Waals surface area contributed by atoms with Crippen molar-refractivity contribution < 1.29 is 0 Å². The van der Waals surface area contributed by atoms with E-state index in [1.54, 1.807) is 6.20 Å². The monoisotopic (exact) mass is 114 g/mol. The van der Waals surface area contributed by atoms with E-state index in [1.807, 2.05) is 0 Å². The highest BCUT2D eigenvalue weighted by Crippen LogP contribution is 1.80. The molecule has 0 aliphatic carbocycles. The Hall–Kier alpha value is -0.500. The Morgan fingerprint density at radius 2 is 2.25 bits per heavy atom. The van der Waals surface area contributed by atoms with Gasteiger partial charge in [-0.25, -0.2) is 0 Å². The maximum absolute atomic E-state index is 5.26. The van der Waals surface area contributed by atoms with Crippen LogP contribution in [-0.4, -0.2) is 13.1 Å². The Bertz CT molecular complexity index is 52.5. The van der Waals surface area contributed by atoms with Crippen molar-refractivity contribution in [2.45, 2.75) is 12.8 Å². The van der Waals surface area contributed by atoms with Gasteiger partial charge in [-0.3, -0.25) is 0 Å². The summed E-state index contributed by atoms with van der Waals surface area (Å²) in [5, 5.41) is 2.99. The molecule has 8 heavy (non-hydrogen) atoms. The van der Waals surface area contributed by atoms with Crippen molar-refractivity contribution in [2.75, 3.05) is 13.1 Å². The molecule has 2 heteroatoms. The molecule has 0 rings (SSSR count). The molecule has 2 nitrogen and oxygen atoms in total. The maximum Gasteiger partial charge on any atom is 0.0141 e. The summed E-state index contributed by atoms with van der Waals surface area (Å²) in [6.07, 6.45) is 3.94. The van der Waals surface area contributed by atoms with Crippen LogP contribution in [0.15, 0.2) is 12.8 Å². The fourth-order valence-electron chi connectivity index (χ4n) is 0.473. The zero-order valence-electron chi connectivity index (χ0n) is 5.19. The molecule has 0 spiro atoms. The molecule has 3 N–H and O–H groups in total. The van der Waals surface area contributed by atoms with E-state index in [2.05, 4.69) is 11.9 Å². The quantitative estimate of drug-likeness (QED) is 0.509. The molecular formula is C6H14N2. The number of nitrogens with two attached hydrogens (primary N) is 1. The van der Waals surface area contributed by atoms with Crippen molar-refractivity contribution >= 4 is 0 Å². The molecule has 0 unspecified atom stereocenters. The molecule has 0 aliphatic heterocycles. The molecule has 0 aromatic heterocycles. The first-order valence-electron chi connectivity index (χ1n) is 2.96. The predicted molar refractivity (Wildman–Crippen MR) is 36.5 cm³/mol. The average molecular weight is 114 g/mol. The Balaban J connectivity index is 2.62. The number of hydrogen-bond donors (Lipinski definition) is 2. The Labute approximate surface area is 50.8 Å². The van der Waals surface area contributed by atoms with Crippen LogP contribution in [0.1, 0.15) is 12.8 Å². The van der Waals surface area contributed by atoms with Crippen LogP contribution < -0.4 is 11.1 Å². The lowest BCUT2D eigenvalue weighted by atomic mass is 10.3. The van der Waals surface area contributed by atoms with Crippen molar-refractivity contribution in [3.8, 4) is 0 Å². The van der Waals surface area contributed by atoms with Crippen molar-refractivity contribution in [1.29, 1.82) is 0 Å². The highest BCUT2D eigenvalue weighted by molar-refractivity contribution is 4.61. The third-order valence-electron chi connectivity index (χ3n) is 0.920. The van der Waals surface area contributed by atoms with E-state index < -0.39 is 0 Å². The van der Waals surface area contributed by atoms with Gasteiger partial charge in [-0.2, -0.15) is 0 Å². The summed E-state index contributed by atoms with van der Waals surface area (Å²) in [7, 11) is 0. The van der Waals surface area contributed by atoms with E-state index in [9.17, 15) is 0 Å². The second-order valence-electron chi connectivity index (χ2n) is 1.65. The second-order valence-corrected chi connectivity index (χ2v) is 1.65. The standard InChI is InChI=1S/C6H14N2/c1-2-8-6-4-3-5-7/h2,8H,1,3-7H2. The van der Waals surface area contributed by atoms with Gasteiger partial charge >= 0.3 is 0 Å². The summed E-state index contributed by atoms with van der Waals surface area (Å²) in [4.78, 5) is 0. The van der Waals surface area contributed by atoms with E-state index >= 15 is 0 Å². The van der Waals surface area contributed by atoms with Gasteiger partial charge in [0.1, 0.15) is 0 Å². The molecule has 0 fully saturated rings. The average Bonchev–Trinajstić information content (AvgIpc) is 1.81. The lowest BCUT2D eigenvalue weighted by molar-refractivity contribution is 0.704. The molecule has 0 bridgehead atoms. The minimum absolute atomic E-state index is 0.790. The van der Waals surface area contributed by atoms with Gasteiger partial charge < -0.3 is 11.1 Å². The van der Waals surface area contributed by atoms with Gasteiger partial charge in [0.2, 0.25) is 0 Å². The fourth-order valence-corrected chi connectivity index (χ4v) is 0.473. The largest absolute Gasteiger partial charge is 0.391 e. The molecular weight excluding hydrogens is 100 g/mol. The van der Waals surface area contributed by atoms with Crippen molar-refractivity contribution in [1.82, 2.24) is 5.32 Å². The van der Waals surface area contributed by atoms with E-state index in [0.29, 0.717) is 0 Å². The van der Waals surface area contributed by atoms with Crippen LogP contribution in [0.2, 0.25) is 0 Å². The molecule has 0 saturated heterocycles. The minimum atomic E-state index is 0.790. The smallest absolute Gasteiger partial charge is 0.0141 e. The summed E-state index contributed by atoms with van der Waals surface area (Å²) in [6, 6.07) is 0. The van der Waals surface area contributed by atoms with Crippen molar-refractivity contribution in [3.05, 3.63) is 12.8 Å². The fraction of sp³-hybridized carbons (Fsp3) is 0.667. The van der Waals surface area contributed by atoms with E-state index in [0.717, 1.165) is 25.9 Å². The first kappa shape index (κ1) is 7.50. The first-order chi connectivity index (χ1) is 3.91. The third kappa shape index (κ3) is 5.50. The van der Waals surface area contributed by atoms with Gasteiger partial charge in [0, 0.05) is 6.54 Å². The van der Waals surface area contributed by atoms with Crippen molar-refractivity contribution in [2.24, 2.45) is 5.73 Å². The van der Waals surface area contributed by atoms with E-state index in [4.69, 9.17) is 5.73 Å². The van der Waals surface area contributed by atoms with Gasteiger partial charge in [-0.1, -0.05) is 6.58 Å². The minimum Gasteiger partial charge on any atom is -0.391 e. The summed E-state index contributed by atoms with van der Waals surface area (Å²) in [6.45, 7) is 5.31. The van der Waals surface area contributed by atoms with Crippen LogP contribution in [0.3, 0.4) is 0 Å². The second kappa shape index (κ2) is 6.50. The number of hydrogen-bond acceptors (Lipinski definition) is 2. The molecule has 0 heterocycles. The van der Waals surface area contributed by atoms with Gasteiger partial charge in [0.05, 0.1) is 0 Å². The van der Waals surface area contributed by atoms with Crippen LogP contribution in [-0.2, 0) is 0 Å². The van der Waals surface area contributed by atoms with Gasteiger partial charge in [0.25, 0.3) is 0 Å². The molecule has 0 aromatic rings. The Morgan fingerprint density at radius 1 is 1.50 bits per heavy atom. The lowest BCUT2D eigenvalue weighted by Crippen LogP contribution is -2.08. The molecule has 0 saturated carbocycles. The molecule has 0 amide bonds. The van der Waals surface area contributed by atoms with Crippen LogP contribution >= 0.6 is 0 Å². The SMILES string of the molecule is C=CNCCCCN. The van der Waals surface area contributed by atoms with Gasteiger partial charge in [-0.05, 0) is 25.6 Å². The van der Waals surface area contributed by atoms with Gasteiger partial charge in [-0.15, -0.1) is 0 Å². The van der Waals surface area contributed by atoms with E-state index in [1.165, 1.54) is 0 Å². The Morgan fingerprint density at radius 3 is 2.75 bits per heavy atom. The van der Waals surface area contributed by atoms with Crippen molar-refractivity contribution in [3.63, 3.8) is 0 Å². The lowest BCUT2D eigenvalue weighted by Gasteiger charge is -1.96. The molecule has 0 radical (unpaired) electrons. The predicted octanol–water partition coefficient (Wildman–Crippen LogP) is 0.458. The summed E-state index contributed by atoms with van der Waals surface area (Å²) >= 11 is 0. The highest BCUT2D eigenvalue weighted by atomic mass is 14.8. The summed E-state index contributed by atoms with van der Waals surface area (Å²) in [5.41, 5.74) is 5.26. The normalized spacial score (nSPS) is 8.62. The number of nitrogens with one attached hydrogen (secondary N) is 1. The van der Waals surface area contributed by atoms with Crippen LogP contribution in [0.4, 0.5) is 0 Å². The first-order valence-corrected chi connectivity index (χ1v) is 2.96. The third-order valence-corrected chi connectivity index (χ3v) is 0.920. The van der Waals surface area contributed by atoms with Crippen LogP contribution in [0.25, 0.3) is 0 Å². The maximum atomic E-state index is 5.26.